The zero-order chi connectivity index (χ0) is 11.3. The van der Waals surface area contributed by atoms with Crippen LogP contribution in [-0.2, 0) is 4.43 Å². The van der Waals surface area contributed by atoms with Crippen molar-refractivity contribution in [3.8, 4) is 0 Å². The molecule has 1 aliphatic rings. The molecule has 0 radical (unpaired) electrons. The Balaban J connectivity index is 2.43. The highest BCUT2D eigenvalue weighted by Crippen LogP contribution is 2.16. The maximum absolute atomic E-state index is 5.65. The standard InChI is InChI=1S/C12H21NOSi/c1-11(14-15(2,3)4)13-10-12-8-6-5-7-9-12/h8,10H,1,5-7,9H2,2-4H3. The van der Waals surface area contributed by atoms with Crippen molar-refractivity contribution in [1.29, 1.82) is 0 Å². The maximum atomic E-state index is 5.65. The van der Waals surface area contributed by atoms with E-state index < -0.39 is 8.32 Å². The number of hydrogen-bond acceptors (Lipinski definition) is 2. The van der Waals surface area contributed by atoms with Crippen molar-refractivity contribution < 1.29 is 4.43 Å². The van der Waals surface area contributed by atoms with Gasteiger partial charge in [0.2, 0.25) is 8.32 Å². The fourth-order valence-electron chi connectivity index (χ4n) is 1.51. The highest BCUT2D eigenvalue weighted by molar-refractivity contribution is 6.70. The summed E-state index contributed by atoms with van der Waals surface area (Å²) in [4.78, 5) is 4.26. The average Bonchev–Trinajstić information content (AvgIpc) is 2.14. The molecule has 0 heterocycles. The largest absolute Gasteiger partial charge is 0.532 e. The van der Waals surface area contributed by atoms with Gasteiger partial charge in [0.25, 0.3) is 0 Å². The lowest BCUT2D eigenvalue weighted by molar-refractivity contribution is 0.421. The SMILES string of the molecule is C=C(N=CC1=CCCCC1)O[Si](C)(C)C. The Hall–Kier alpha value is -0.833. The van der Waals surface area contributed by atoms with Crippen molar-refractivity contribution in [3.63, 3.8) is 0 Å². The molecule has 1 rings (SSSR count). The molecule has 84 valence electrons. The fraction of sp³-hybridized carbons (Fsp3) is 0.583. The summed E-state index contributed by atoms with van der Waals surface area (Å²) >= 11 is 0. The van der Waals surface area contributed by atoms with E-state index in [0.29, 0.717) is 5.88 Å². The lowest BCUT2D eigenvalue weighted by Crippen LogP contribution is -2.24. The third-order valence-electron chi connectivity index (χ3n) is 2.12. The van der Waals surface area contributed by atoms with Gasteiger partial charge in [-0.2, -0.15) is 0 Å². The van der Waals surface area contributed by atoms with Crippen LogP contribution in [0.2, 0.25) is 19.6 Å². The Labute approximate surface area is 93.9 Å². The molecule has 0 aromatic heterocycles. The second-order valence-electron chi connectivity index (χ2n) is 4.89. The van der Waals surface area contributed by atoms with Crippen molar-refractivity contribution in [2.75, 3.05) is 0 Å². The summed E-state index contributed by atoms with van der Waals surface area (Å²) in [7, 11) is -1.54. The molecule has 2 nitrogen and oxygen atoms in total. The van der Waals surface area contributed by atoms with Gasteiger partial charge in [-0.05, 0) is 57.5 Å². The van der Waals surface area contributed by atoms with E-state index in [1.807, 2.05) is 6.21 Å². The van der Waals surface area contributed by atoms with Gasteiger partial charge >= 0.3 is 0 Å². The highest BCUT2D eigenvalue weighted by Gasteiger charge is 2.16. The third kappa shape index (κ3) is 5.57. The zero-order valence-electron chi connectivity index (χ0n) is 10.0. The van der Waals surface area contributed by atoms with Gasteiger partial charge in [-0.3, -0.25) is 0 Å². The van der Waals surface area contributed by atoms with E-state index in [2.05, 4.69) is 37.3 Å². The molecule has 0 saturated heterocycles. The summed E-state index contributed by atoms with van der Waals surface area (Å²) in [6.45, 7) is 10.2. The van der Waals surface area contributed by atoms with Crippen LogP contribution in [0.1, 0.15) is 25.7 Å². The summed E-state index contributed by atoms with van der Waals surface area (Å²) in [6.07, 6.45) is 9.08. The van der Waals surface area contributed by atoms with Gasteiger partial charge in [0.05, 0.1) is 0 Å². The van der Waals surface area contributed by atoms with Crippen LogP contribution in [0.25, 0.3) is 0 Å². The van der Waals surface area contributed by atoms with Crippen molar-refractivity contribution in [2.24, 2.45) is 4.99 Å². The van der Waals surface area contributed by atoms with E-state index >= 15 is 0 Å². The van der Waals surface area contributed by atoms with Crippen molar-refractivity contribution in [3.05, 3.63) is 24.1 Å². The summed E-state index contributed by atoms with van der Waals surface area (Å²) in [6, 6.07) is 0. The molecule has 0 bridgehead atoms. The zero-order valence-corrected chi connectivity index (χ0v) is 11.0. The molecule has 0 aromatic carbocycles. The first kappa shape index (κ1) is 12.2. The summed E-state index contributed by atoms with van der Waals surface area (Å²) in [5, 5.41) is 0. The van der Waals surface area contributed by atoms with Gasteiger partial charge < -0.3 is 4.43 Å². The number of hydrogen-bond donors (Lipinski definition) is 0. The average molecular weight is 223 g/mol. The van der Waals surface area contributed by atoms with Gasteiger partial charge in [-0.25, -0.2) is 4.99 Å². The predicted octanol–water partition coefficient (Wildman–Crippen LogP) is 3.88. The number of allylic oxidation sites excluding steroid dienone is 2. The van der Waals surface area contributed by atoms with E-state index in [1.54, 1.807) is 0 Å². The second kappa shape index (κ2) is 5.31. The Morgan fingerprint density at radius 3 is 2.73 bits per heavy atom. The van der Waals surface area contributed by atoms with Crippen LogP contribution >= 0.6 is 0 Å². The molecular formula is C12H21NOSi. The molecule has 0 aromatic rings. The van der Waals surface area contributed by atoms with E-state index in [-0.39, 0.29) is 0 Å². The first-order valence-electron chi connectivity index (χ1n) is 5.58. The van der Waals surface area contributed by atoms with Crippen LogP contribution in [0.5, 0.6) is 0 Å². The lowest BCUT2D eigenvalue weighted by Gasteiger charge is -2.18. The smallest absolute Gasteiger partial charge is 0.244 e. The summed E-state index contributed by atoms with van der Waals surface area (Å²) < 4.78 is 5.65. The van der Waals surface area contributed by atoms with Gasteiger partial charge in [0, 0.05) is 6.21 Å². The fourth-order valence-corrected chi connectivity index (χ4v) is 2.27. The molecule has 15 heavy (non-hydrogen) atoms. The van der Waals surface area contributed by atoms with Crippen LogP contribution in [0.15, 0.2) is 29.1 Å². The quantitative estimate of drug-likeness (QED) is 0.402. The predicted molar refractivity (Wildman–Crippen MR) is 68.6 cm³/mol. The van der Waals surface area contributed by atoms with Crippen molar-refractivity contribution in [1.82, 2.24) is 0 Å². The molecule has 0 N–H and O–H groups in total. The molecule has 0 saturated carbocycles. The van der Waals surface area contributed by atoms with Crippen LogP contribution in [0.3, 0.4) is 0 Å². The molecule has 0 atom stereocenters. The van der Waals surface area contributed by atoms with Crippen LogP contribution < -0.4 is 0 Å². The Kier molecular flexibility index (Phi) is 4.33. The summed E-state index contributed by atoms with van der Waals surface area (Å²) in [5.41, 5.74) is 1.32. The number of aliphatic imine (C=N–C) groups is 1. The molecule has 0 unspecified atom stereocenters. The van der Waals surface area contributed by atoms with Crippen molar-refractivity contribution >= 4 is 14.5 Å². The molecule has 0 spiro atoms. The molecule has 0 fully saturated rings. The van der Waals surface area contributed by atoms with Gasteiger partial charge in [-0.1, -0.05) is 6.08 Å². The Morgan fingerprint density at radius 1 is 1.47 bits per heavy atom. The minimum atomic E-state index is -1.54. The highest BCUT2D eigenvalue weighted by atomic mass is 28.4. The lowest BCUT2D eigenvalue weighted by atomic mass is 10.0. The molecule has 0 amide bonds. The number of nitrogens with zero attached hydrogens (tertiary/aromatic N) is 1. The monoisotopic (exact) mass is 223 g/mol. The summed E-state index contributed by atoms with van der Waals surface area (Å²) in [5.74, 6) is 0.556. The van der Waals surface area contributed by atoms with E-state index in [4.69, 9.17) is 4.43 Å². The van der Waals surface area contributed by atoms with E-state index in [1.165, 1.54) is 24.8 Å². The van der Waals surface area contributed by atoms with Gasteiger partial charge in [0.1, 0.15) is 0 Å². The molecule has 3 heteroatoms. The van der Waals surface area contributed by atoms with Crippen molar-refractivity contribution in [2.45, 2.75) is 45.3 Å². The third-order valence-corrected chi connectivity index (χ3v) is 2.97. The second-order valence-corrected chi connectivity index (χ2v) is 9.32. The van der Waals surface area contributed by atoms with Crippen LogP contribution in [0, 0.1) is 0 Å². The maximum Gasteiger partial charge on any atom is 0.244 e. The van der Waals surface area contributed by atoms with Crippen LogP contribution in [-0.4, -0.2) is 14.5 Å². The Bertz CT molecular complexity index is 286. The van der Waals surface area contributed by atoms with Gasteiger partial charge in [-0.15, -0.1) is 0 Å². The molecule has 0 aliphatic heterocycles. The minimum Gasteiger partial charge on any atom is -0.532 e. The molecular weight excluding hydrogens is 202 g/mol. The first-order chi connectivity index (χ1) is 6.97. The topological polar surface area (TPSA) is 21.6 Å². The first-order valence-corrected chi connectivity index (χ1v) is 8.99. The normalized spacial score (nSPS) is 17.7. The van der Waals surface area contributed by atoms with E-state index in [9.17, 15) is 0 Å². The molecule has 1 aliphatic carbocycles. The minimum absolute atomic E-state index is 0.556. The van der Waals surface area contributed by atoms with Gasteiger partial charge in [0.15, 0.2) is 5.88 Å². The Morgan fingerprint density at radius 2 is 2.20 bits per heavy atom. The number of rotatable bonds is 4. The van der Waals surface area contributed by atoms with Crippen LogP contribution in [0.4, 0.5) is 0 Å². The van der Waals surface area contributed by atoms with E-state index in [0.717, 1.165) is 6.42 Å².